The molecule has 33 heavy (non-hydrogen) atoms. The quantitative estimate of drug-likeness (QED) is 0.288. The SMILES string of the molecule is COCc1cc(C)nc(N/N=C/c2cccc(OCc3cccc4ccccc34)c2)c1C#N. The first-order valence-corrected chi connectivity index (χ1v) is 10.6. The summed E-state index contributed by atoms with van der Waals surface area (Å²) in [4.78, 5) is 4.40. The van der Waals surface area contributed by atoms with Gasteiger partial charge in [-0.15, -0.1) is 0 Å². The van der Waals surface area contributed by atoms with Gasteiger partial charge in [0, 0.05) is 18.4 Å². The van der Waals surface area contributed by atoms with Gasteiger partial charge in [-0.25, -0.2) is 4.98 Å². The summed E-state index contributed by atoms with van der Waals surface area (Å²) in [5, 5.41) is 16.2. The van der Waals surface area contributed by atoms with Crippen molar-refractivity contribution in [1.29, 1.82) is 5.26 Å². The second-order valence-electron chi connectivity index (χ2n) is 7.56. The van der Waals surface area contributed by atoms with Crippen LogP contribution in [-0.2, 0) is 18.0 Å². The predicted molar refractivity (Wildman–Crippen MR) is 130 cm³/mol. The lowest BCUT2D eigenvalue weighted by molar-refractivity contribution is 0.184. The third-order valence-electron chi connectivity index (χ3n) is 5.16. The molecule has 0 atom stereocenters. The number of nitriles is 1. The summed E-state index contributed by atoms with van der Waals surface area (Å²) in [5.74, 6) is 1.16. The maximum Gasteiger partial charge on any atom is 0.164 e. The number of anilines is 1. The van der Waals surface area contributed by atoms with Crippen molar-refractivity contribution >= 4 is 22.8 Å². The van der Waals surface area contributed by atoms with Crippen LogP contribution in [0.4, 0.5) is 5.82 Å². The number of rotatable bonds is 8. The van der Waals surface area contributed by atoms with Gasteiger partial charge in [0.25, 0.3) is 0 Å². The number of methoxy groups -OCH3 is 1. The first kappa shape index (κ1) is 22.0. The van der Waals surface area contributed by atoms with Gasteiger partial charge < -0.3 is 9.47 Å². The number of hydrazone groups is 1. The number of pyridine rings is 1. The zero-order valence-corrected chi connectivity index (χ0v) is 18.6. The van der Waals surface area contributed by atoms with Crippen molar-refractivity contribution < 1.29 is 9.47 Å². The van der Waals surface area contributed by atoms with Crippen LogP contribution in [0.2, 0.25) is 0 Å². The highest BCUT2D eigenvalue weighted by molar-refractivity contribution is 5.85. The van der Waals surface area contributed by atoms with Crippen LogP contribution in [0, 0.1) is 18.3 Å². The van der Waals surface area contributed by atoms with E-state index in [9.17, 15) is 5.26 Å². The number of fused-ring (bicyclic) bond motifs is 1. The molecule has 1 heterocycles. The van der Waals surface area contributed by atoms with Crippen molar-refractivity contribution in [2.75, 3.05) is 12.5 Å². The normalized spacial score (nSPS) is 10.9. The van der Waals surface area contributed by atoms with Crippen LogP contribution in [0.5, 0.6) is 5.75 Å². The molecule has 0 amide bonds. The number of aromatic nitrogens is 1. The van der Waals surface area contributed by atoms with Crippen molar-refractivity contribution in [1.82, 2.24) is 4.98 Å². The number of nitrogens with one attached hydrogen (secondary N) is 1. The van der Waals surface area contributed by atoms with Crippen LogP contribution in [0.1, 0.15) is 27.9 Å². The molecule has 0 fully saturated rings. The molecule has 164 valence electrons. The molecule has 0 aliphatic carbocycles. The molecule has 6 heteroatoms. The van der Waals surface area contributed by atoms with Gasteiger partial charge in [-0.3, -0.25) is 5.43 Å². The minimum atomic E-state index is 0.334. The lowest BCUT2D eigenvalue weighted by Crippen LogP contribution is -2.03. The lowest BCUT2D eigenvalue weighted by Gasteiger charge is -2.10. The van der Waals surface area contributed by atoms with Crippen molar-refractivity contribution in [3.63, 3.8) is 0 Å². The summed E-state index contributed by atoms with van der Waals surface area (Å²) in [6.07, 6.45) is 1.67. The summed E-state index contributed by atoms with van der Waals surface area (Å²) in [5.41, 5.74) is 6.86. The zero-order valence-electron chi connectivity index (χ0n) is 18.6. The van der Waals surface area contributed by atoms with Gasteiger partial charge in [0.1, 0.15) is 24.0 Å². The van der Waals surface area contributed by atoms with Gasteiger partial charge >= 0.3 is 0 Å². The van der Waals surface area contributed by atoms with E-state index in [0.717, 1.165) is 28.1 Å². The summed E-state index contributed by atoms with van der Waals surface area (Å²) < 4.78 is 11.2. The molecule has 6 nitrogen and oxygen atoms in total. The molecule has 4 rings (SSSR count). The predicted octanol–water partition coefficient (Wildman–Crippen LogP) is 5.59. The highest BCUT2D eigenvalue weighted by Crippen LogP contribution is 2.22. The van der Waals surface area contributed by atoms with E-state index >= 15 is 0 Å². The number of hydrogen-bond donors (Lipinski definition) is 1. The maximum atomic E-state index is 9.53. The maximum absolute atomic E-state index is 9.53. The third kappa shape index (κ3) is 5.35. The summed E-state index contributed by atoms with van der Waals surface area (Å²) in [6, 6.07) is 26.2. The van der Waals surface area contributed by atoms with E-state index in [-0.39, 0.29) is 0 Å². The average molecular weight is 437 g/mol. The van der Waals surface area contributed by atoms with Crippen molar-refractivity contribution in [2.45, 2.75) is 20.1 Å². The fraction of sp³-hybridized carbons (Fsp3) is 0.148. The minimum absolute atomic E-state index is 0.334. The Bertz CT molecular complexity index is 1340. The van der Waals surface area contributed by atoms with E-state index < -0.39 is 0 Å². The molecule has 1 N–H and O–H groups in total. The topological polar surface area (TPSA) is 79.5 Å². The van der Waals surface area contributed by atoms with Crippen LogP contribution in [0.3, 0.4) is 0 Å². The second kappa shape index (κ2) is 10.4. The average Bonchev–Trinajstić information content (AvgIpc) is 2.83. The fourth-order valence-electron chi connectivity index (χ4n) is 3.65. The first-order chi connectivity index (χ1) is 16.2. The Morgan fingerprint density at radius 1 is 1.00 bits per heavy atom. The van der Waals surface area contributed by atoms with E-state index in [1.807, 2.05) is 55.5 Å². The van der Waals surface area contributed by atoms with Gasteiger partial charge in [0.15, 0.2) is 5.82 Å². The summed E-state index contributed by atoms with van der Waals surface area (Å²) in [6.45, 7) is 2.67. The Labute approximate surface area is 193 Å². The second-order valence-corrected chi connectivity index (χ2v) is 7.56. The Morgan fingerprint density at radius 3 is 2.67 bits per heavy atom. The fourth-order valence-corrected chi connectivity index (χ4v) is 3.65. The first-order valence-electron chi connectivity index (χ1n) is 10.6. The zero-order chi connectivity index (χ0) is 23.0. The van der Waals surface area contributed by atoms with Crippen LogP contribution in [0.15, 0.2) is 77.9 Å². The molecule has 0 radical (unpaired) electrons. The van der Waals surface area contributed by atoms with Gasteiger partial charge in [0.2, 0.25) is 0 Å². The molecule has 4 aromatic rings. The van der Waals surface area contributed by atoms with E-state index in [1.165, 1.54) is 10.8 Å². The van der Waals surface area contributed by atoms with Crippen LogP contribution in [-0.4, -0.2) is 18.3 Å². The van der Waals surface area contributed by atoms with Crippen molar-refractivity contribution in [3.8, 4) is 11.8 Å². The molecule has 0 saturated heterocycles. The lowest BCUT2D eigenvalue weighted by atomic mass is 10.1. The Hall–Kier alpha value is -4.21. The molecule has 0 saturated carbocycles. The van der Waals surface area contributed by atoms with Crippen LogP contribution < -0.4 is 10.2 Å². The smallest absolute Gasteiger partial charge is 0.164 e. The van der Waals surface area contributed by atoms with Crippen molar-refractivity contribution in [3.05, 3.63) is 101 Å². The number of hydrogen-bond acceptors (Lipinski definition) is 6. The molecule has 0 spiro atoms. The van der Waals surface area contributed by atoms with E-state index in [1.54, 1.807) is 13.3 Å². The molecular formula is C27H24N4O2. The third-order valence-corrected chi connectivity index (χ3v) is 5.16. The Kier molecular flexibility index (Phi) is 6.93. The van der Waals surface area contributed by atoms with Crippen LogP contribution >= 0.6 is 0 Å². The van der Waals surface area contributed by atoms with E-state index in [0.29, 0.717) is 24.6 Å². The van der Waals surface area contributed by atoms with Gasteiger partial charge in [0.05, 0.1) is 12.8 Å². The molecular weight excluding hydrogens is 412 g/mol. The minimum Gasteiger partial charge on any atom is -0.489 e. The summed E-state index contributed by atoms with van der Waals surface area (Å²) in [7, 11) is 1.59. The molecule has 0 bridgehead atoms. The van der Waals surface area contributed by atoms with Gasteiger partial charge in [-0.2, -0.15) is 10.4 Å². The number of ether oxygens (including phenoxy) is 2. The standard InChI is InChI=1S/C27H24N4O2/c1-19-13-23(17-32-2)26(15-28)27(30-19)31-29-16-20-7-5-11-24(14-20)33-18-22-10-6-9-21-8-3-4-12-25(21)22/h3-14,16H,17-18H2,1-2H3,(H,30,31)/b29-16+. The number of aryl methyl sites for hydroxylation is 1. The Balaban J connectivity index is 1.46. The van der Waals surface area contributed by atoms with E-state index in [2.05, 4.69) is 45.8 Å². The number of nitrogens with zero attached hydrogens (tertiary/aromatic N) is 3. The molecule has 0 aliphatic heterocycles. The molecule has 0 aliphatic rings. The summed E-state index contributed by atoms with van der Waals surface area (Å²) >= 11 is 0. The van der Waals surface area contributed by atoms with Gasteiger partial charge in [-0.05, 0) is 47.0 Å². The highest BCUT2D eigenvalue weighted by atomic mass is 16.5. The van der Waals surface area contributed by atoms with Crippen LogP contribution in [0.25, 0.3) is 10.8 Å². The molecule has 3 aromatic carbocycles. The highest BCUT2D eigenvalue weighted by Gasteiger charge is 2.10. The number of benzene rings is 3. The molecule has 1 aromatic heterocycles. The Morgan fingerprint density at radius 2 is 1.82 bits per heavy atom. The van der Waals surface area contributed by atoms with Gasteiger partial charge in [-0.1, -0.05) is 54.6 Å². The monoisotopic (exact) mass is 436 g/mol. The van der Waals surface area contributed by atoms with E-state index in [4.69, 9.17) is 9.47 Å². The van der Waals surface area contributed by atoms with Crippen molar-refractivity contribution in [2.24, 2.45) is 5.10 Å². The largest absolute Gasteiger partial charge is 0.489 e. The molecule has 0 unspecified atom stereocenters.